The third-order valence-electron chi connectivity index (χ3n) is 3.27. The molecule has 0 spiro atoms. The monoisotopic (exact) mass is 266 g/mol. The number of halogens is 1. The van der Waals surface area contributed by atoms with Crippen molar-refractivity contribution in [3.05, 3.63) is 34.9 Å². The molecule has 0 radical (unpaired) electrons. The van der Waals surface area contributed by atoms with Gasteiger partial charge in [-0.3, -0.25) is 16.1 Å². The highest BCUT2D eigenvalue weighted by molar-refractivity contribution is 6.36. The summed E-state index contributed by atoms with van der Waals surface area (Å²) in [7, 11) is 0. The Morgan fingerprint density at radius 1 is 1.39 bits per heavy atom. The lowest BCUT2D eigenvalue weighted by molar-refractivity contribution is -0.112. The summed E-state index contributed by atoms with van der Waals surface area (Å²) in [6, 6.07) is 6.55. The van der Waals surface area contributed by atoms with Gasteiger partial charge in [0.15, 0.2) is 0 Å². The minimum atomic E-state index is 0. The first kappa shape index (κ1) is 14.5. The van der Waals surface area contributed by atoms with Crippen molar-refractivity contribution >= 4 is 11.7 Å². The molecule has 2 atom stereocenters. The summed E-state index contributed by atoms with van der Waals surface area (Å²) in [6.07, 6.45) is 1.03. The molecule has 2 rings (SSSR count). The van der Waals surface area contributed by atoms with Gasteiger partial charge in [-0.2, -0.15) is 0 Å². The number of hydrogen-bond acceptors (Lipinski definition) is 1. The predicted octanol–water partition coefficient (Wildman–Crippen LogP) is -3.29. The van der Waals surface area contributed by atoms with Crippen LogP contribution in [0.25, 0.3) is 0 Å². The molecule has 0 aromatic heterocycles. The summed E-state index contributed by atoms with van der Waals surface area (Å²) in [5.41, 5.74) is 15.0. The molecule has 1 aliphatic rings. The van der Waals surface area contributed by atoms with Gasteiger partial charge in [-0.05, 0) is 30.4 Å². The second-order valence-electron chi connectivity index (χ2n) is 4.80. The Morgan fingerprint density at radius 2 is 2.06 bits per heavy atom. The topological polar surface area (TPSA) is 90.0 Å². The fraction of sp³-hybridized carbons (Fsp3) is 0.385. The number of nitrogens with zero attached hydrogens (tertiary/aromatic N) is 1. The van der Waals surface area contributed by atoms with E-state index in [1.807, 2.05) is 0 Å². The molecule has 98 valence electrons. The standard InChI is InChI=1S/C13H18N4.ClH/c1-7-3-4-9-6-8(2)11(10(9)5-7)17-13(16)12(14)15;/h3-5,8,11H,6H2,1-2H3,(H3,14,15)(H2,16,17);1H/t8-,11+;/m0./s1. The summed E-state index contributed by atoms with van der Waals surface area (Å²) >= 11 is 0. The molecule has 1 aromatic rings. The number of benzene rings is 1. The average Bonchev–Trinajstić information content (AvgIpc) is 2.55. The summed E-state index contributed by atoms with van der Waals surface area (Å²) in [5, 5.41) is 5.45. The molecular weight excluding hydrogens is 248 g/mol. The van der Waals surface area contributed by atoms with E-state index in [2.05, 4.69) is 37.0 Å². The minimum Gasteiger partial charge on any atom is -1.00 e. The zero-order valence-corrected chi connectivity index (χ0v) is 11.4. The van der Waals surface area contributed by atoms with Crippen molar-refractivity contribution in [2.75, 3.05) is 0 Å². The van der Waals surface area contributed by atoms with Gasteiger partial charge in [0, 0.05) is 0 Å². The number of aryl methyl sites for hydroxylation is 1. The Labute approximate surface area is 113 Å². The zero-order chi connectivity index (χ0) is 12.6. The van der Waals surface area contributed by atoms with Crippen LogP contribution >= 0.6 is 0 Å². The Morgan fingerprint density at radius 3 is 2.67 bits per heavy atom. The minimum absolute atomic E-state index is 0. The molecule has 0 heterocycles. The fourth-order valence-corrected chi connectivity index (χ4v) is 2.36. The van der Waals surface area contributed by atoms with Crippen LogP contribution in [-0.4, -0.2) is 11.7 Å². The van der Waals surface area contributed by atoms with Gasteiger partial charge in [-0.1, -0.05) is 30.7 Å². The molecule has 5 heteroatoms. The molecule has 0 unspecified atom stereocenters. The lowest BCUT2D eigenvalue weighted by Crippen LogP contribution is -3.00. The van der Waals surface area contributed by atoms with Crippen LogP contribution in [0.1, 0.15) is 29.7 Å². The van der Waals surface area contributed by atoms with Crippen LogP contribution in [0.15, 0.2) is 23.2 Å². The quantitative estimate of drug-likeness (QED) is 0.367. The van der Waals surface area contributed by atoms with Crippen LogP contribution < -0.4 is 29.3 Å². The molecule has 1 aromatic carbocycles. The summed E-state index contributed by atoms with van der Waals surface area (Å²) < 4.78 is 0. The second-order valence-corrected chi connectivity index (χ2v) is 4.80. The lowest BCUT2D eigenvalue weighted by atomic mass is 10.0. The van der Waals surface area contributed by atoms with Crippen LogP contribution in [0.3, 0.4) is 0 Å². The van der Waals surface area contributed by atoms with E-state index in [0.717, 1.165) is 6.42 Å². The predicted molar refractivity (Wildman–Crippen MR) is 69.5 cm³/mol. The van der Waals surface area contributed by atoms with Gasteiger partial charge < -0.3 is 18.1 Å². The Balaban J connectivity index is 0.00000162. The lowest BCUT2D eigenvalue weighted by Gasteiger charge is -2.12. The molecule has 4 nitrogen and oxygen atoms in total. The highest BCUT2D eigenvalue weighted by Crippen LogP contribution is 2.38. The maximum absolute atomic E-state index is 5.72. The van der Waals surface area contributed by atoms with Gasteiger partial charge in [-0.15, -0.1) is 0 Å². The third kappa shape index (κ3) is 2.64. The van der Waals surface area contributed by atoms with Crippen LogP contribution in [0.5, 0.6) is 0 Å². The number of amidine groups is 2. The molecular formula is C13H19ClN4. The van der Waals surface area contributed by atoms with E-state index in [4.69, 9.17) is 16.9 Å². The van der Waals surface area contributed by atoms with E-state index in [9.17, 15) is 0 Å². The molecule has 0 saturated heterocycles. The average molecular weight is 267 g/mol. The molecule has 1 aliphatic carbocycles. The van der Waals surface area contributed by atoms with E-state index in [0.29, 0.717) is 5.92 Å². The van der Waals surface area contributed by atoms with Crippen molar-refractivity contribution in [3.8, 4) is 0 Å². The smallest absolute Gasteiger partial charge is 0.306 e. The Hall–Kier alpha value is -1.55. The van der Waals surface area contributed by atoms with E-state index in [-0.39, 0.29) is 30.1 Å². The van der Waals surface area contributed by atoms with E-state index in [1.54, 1.807) is 0 Å². The van der Waals surface area contributed by atoms with Crippen molar-refractivity contribution < 1.29 is 17.8 Å². The highest BCUT2D eigenvalue weighted by atomic mass is 35.5. The highest BCUT2D eigenvalue weighted by Gasteiger charge is 2.29. The Kier molecular flexibility index (Phi) is 4.35. The van der Waals surface area contributed by atoms with Crippen LogP contribution in [0.2, 0.25) is 0 Å². The van der Waals surface area contributed by atoms with Crippen molar-refractivity contribution in [1.29, 1.82) is 0 Å². The SMILES string of the molecule is Cc1ccc2c(c1)[C@H](N=C(N)C(N)=[NH2+])[C@@H](C)C2.[Cl-]. The normalized spacial score (nSPS) is 22.2. The maximum Gasteiger partial charge on any atom is 0.306 e. The number of aliphatic imine (C=N–C) groups is 1. The van der Waals surface area contributed by atoms with Gasteiger partial charge in [0.25, 0.3) is 0 Å². The zero-order valence-electron chi connectivity index (χ0n) is 10.7. The largest absolute Gasteiger partial charge is 1.00 e. The van der Waals surface area contributed by atoms with Crippen LogP contribution in [0.4, 0.5) is 0 Å². The van der Waals surface area contributed by atoms with Gasteiger partial charge in [-0.25, -0.2) is 0 Å². The number of fused-ring (bicyclic) bond motifs is 1. The molecule has 6 N–H and O–H groups in total. The molecule has 0 amide bonds. The fourth-order valence-electron chi connectivity index (χ4n) is 2.36. The van der Waals surface area contributed by atoms with Gasteiger partial charge in [0.2, 0.25) is 5.84 Å². The molecule has 0 fully saturated rings. The first-order valence-electron chi connectivity index (χ1n) is 5.80. The van der Waals surface area contributed by atoms with Crippen molar-refractivity contribution in [1.82, 2.24) is 0 Å². The number of nitrogens with two attached hydrogens (primary N) is 3. The van der Waals surface area contributed by atoms with E-state index >= 15 is 0 Å². The van der Waals surface area contributed by atoms with Gasteiger partial charge in [0.05, 0.1) is 6.04 Å². The van der Waals surface area contributed by atoms with Crippen LogP contribution in [0, 0.1) is 12.8 Å². The molecule has 0 aliphatic heterocycles. The van der Waals surface area contributed by atoms with E-state index < -0.39 is 0 Å². The number of rotatable bonds is 1. The van der Waals surface area contributed by atoms with Crippen molar-refractivity contribution in [2.45, 2.75) is 26.3 Å². The van der Waals surface area contributed by atoms with Crippen molar-refractivity contribution in [3.63, 3.8) is 0 Å². The second kappa shape index (κ2) is 5.40. The van der Waals surface area contributed by atoms with Crippen LogP contribution in [-0.2, 0) is 6.42 Å². The first-order valence-corrected chi connectivity index (χ1v) is 5.80. The molecule has 18 heavy (non-hydrogen) atoms. The summed E-state index contributed by atoms with van der Waals surface area (Å²) in [4.78, 5) is 4.45. The van der Waals surface area contributed by atoms with Gasteiger partial charge in [0.1, 0.15) is 0 Å². The first-order chi connectivity index (χ1) is 7.99. The summed E-state index contributed by atoms with van der Waals surface area (Å²) in [5.74, 6) is 0.777. The number of hydrogen-bond donors (Lipinski definition) is 3. The summed E-state index contributed by atoms with van der Waals surface area (Å²) in [6.45, 7) is 4.25. The van der Waals surface area contributed by atoms with E-state index in [1.165, 1.54) is 16.7 Å². The molecule has 0 bridgehead atoms. The maximum atomic E-state index is 5.72. The van der Waals surface area contributed by atoms with Crippen molar-refractivity contribution in [2.24, 2.45) is 22.4 Å². The molecule has 0 saturated carbocycles. The Bertz CT molecular complexity index is 496. The third-order valence-corrected chi connectivity index (χ3v) is 3.27. The van der Waals surface area contributed by atoms with Gasteiger partial charge >= 0.3 is 5.84 Å².